The van der Waals surface area contributed by atoms with Crippen LogP contribution in [0.4, 0.5) is 0 Å². The van der Waals surface area contributed by atoms with Crippen LogP contribution < -0.4 is 5.84 Å². The number of nitrogens with zero attached hydrogens (tertiary/aromatic N) is 2. The lowest BCUT2D eigenvalue weighted by molar-refractivity contribution is 0.368. The van der Waals surface area contributed by atoms with Gasteiger partial charge in [-0.05, 0) is 19.3 Å². The molecular weight excluding hydrogens is 126 g/mol. The third-order valence-electron chi connectivity index (χ3n) is 1.64. The maximum atomic E-state index is 5.33. The fourth-order valence-corrected chi connectivity index (χ4v) is 0.643. The average molecular weight is 143 g/mol. The minimum Gasteiger partial charge on any atom is -0.236 e. The van der Waals surface area contributed by atoms with Gasteiger partial charge < -0.3 is 0 Å². The van der Waals surface area contributed by atoms with Crippen molar-refractivity contribution in [3.8, 4) is 0 Å². The van der Waals surface area contributed by atoms with E-state index in [-0.39, 0.29) is 0 Å². The number of hydrogen-bond acceptors (Lipinski definition) is 3. The van der Waals surface area contributed by atoms with Crippen LogP contribution in [-0.4, -0.2) is 17.9 Å². The molecule has 0 aliphatic heterocycles. The van der Waals surface area contributed by atoms with Gasteiger partial charge in [0.2, 0.25) is 0 Å². The average Bonchev–Trinajstić information content (AvgIpc) is 1.85. The Morgan fingerprint density at radius 1 is 1.70 bits per heavy atom. The molecule has 0 spiro atoms. The molecule has 0 aromatic heterocycles. The van der Waals surface area contributed by atoms with E-state index in [1.807, 2.05) is 6.92 Å². The van der Waals surface area contributed by atoms with Gasteiger partial charge in [0.25, 0.3) is 0 Å². The first-order valence-corrected chi connectivity index (χ1v) is 3.61. The minimum absolute atomic E-state index is 0.533. The highest BCUT2D eigenvalue weighted by Crippen LogP contribution is 2.02. The Hall–Kier alpha value is -0.570. The molecular formula is C7H17N3. The second-order valence-electron chi connectivity index (χ2n) is 2.62. The Labute approximate surface area is 62.9 Å². The van der Waals surface area contributed by atoms with Crippen molar-refractivity contribution in [2.24, 2.45) is 16.9 Å². The molecule has 0 radical (unpaired) electrons. The van der Waals surface area contributed by atoms with E-state index in [0.717, 1.165) is 12.1 Å². The van der Waals surface area contributed by atoms with Gasteiger partial charge in [-0.2, -0.15) is 5.10 Å². The molecule has 0 aromatic rings. The molecule has 0 heterocycles. The van der Waals surface area contributed by atoms with E-state index in [4.69, 9.17) is 5.84 Å². The lowest BCUT2D eigenvalue weighted by atomic mass is 10.1. The summed E-state index contributed by atoms with van der Waals surface area (Å²) in [5.74, 6) is 5.86. The Morgan fingerprint density at radius 2 is 2.20 bits per heavy atom. The van der Waals surface area contributed by atoms with Crippen LogP contribution in [0.1, 0.15) is 27.2 Å². The summed E-state index contributed by atoms with van der Waals surface area (Å²) in [6.07, 6.45) is 1.11. The number of hydrogen-bond donors (Lipinski definition) is 1. The number of nitrogens with two attached hydrogens (primary N) is 1. The summed E-state index contributed by atoms with van der Waals surface area (Å²) in [6, 6.07) is 0. The zero-order valence-corrected chi connectivity index (χ0v) is 7.26. The molecule has 1 unspecified atom stereocenters. The quantitative estimate of drug-likeness (QED) is 0.366. The Morgan fingerprint density at radius 3 is 2.50 bits per heavy atom. The predicted octanol–water partition coefficient (Wildman–Crippen LogP) is 1.21. The van der Waals surface area contributed by atoms with Crippen molar-refractivity contribution in [3.05, 3.63) is 0 Å². The van der Waals surface area contributed by atoms with E-state index >= 15 is 0 Å². The summed E-state index contributed by atoms with van der Waals surface area (Å²) in [6.45, 7) is 6.28. The molecule has 0 saturated heterocycles. The molecule has 1 atom stereocenters. The molecule has 10 heavy (non-hydrogen) atoms. The van der Waals surface area contributed by atoms with E-state index in [0.29, 0.717) is 5.92 Å². The second kappa shape index (κ2) is 4.28. The van der Waals surface area contributed by atoms with Crippen molar-refractivity contribution < 1.29 is 0 Å². The SMILES string of the molecule is CCC(C)/C(C)=N\N(C)N. The number of hydrazine groups is 1. The minimum atomic E-state index is 0.533. The maximum absolute atomic E-state index is 5.33. The Bertz CT molecular complexity index is 118. The second-order valence-corrected chi connectivity index (χ2v) is 2.62. The highest BCUT2D eigenvalue weighted by atomic mass is 15.6. The van der Waals surface area contributed by atoms with Crippen LogP contribution in [0.2, 0.25) is 0 Å². The summed E-state index contributed by atoms with van der Waals surface area (Å²) in [7, 11) is 1.73. The van der Waals surface area contributed by atoms with Crippen molar-refractivity contribution in [2.75, 3.05) is 7.05 Å². The van der Waals surface area contributed by atoms with E-state index < -0.39 is 0 Å². The predicted molar refractivity (Wildman–Crippen MR) is 44.5 cm³/mol. The fraction of sp³-hybridized carbons (Fsp3) is 0.857. The molecule has 0 bridgehead atoms. The summed E-state index contributed by atoms with van der Waals surface area (Å²) in [5, 5.41) is 5.42. The summed E-state index contributed by atoms with van der Waals surface area (Å²) < 4.78 is 0. The van der Waals surface area contributed by atoms with E-state index in [2.05, 4.69) is 18.9 Å². The van der Waals surface area contributed by atoms with Crippen molar-refractivity contribution in [1.82, 2.24) is 5.12 Å². The highest BCUT2D eigenvalue weighted by Gasteiger charge is 2.01. The fourth-order valence-electron chi connectivity index (χ4n) is 0.643. The van der Waals surface area contributed by atoms with Gasteiger partial charge in [-0.3, -0.25) is 0 Å². The molecule has 3 heteroatoms. The first kappa shape index (κ1) is 9.43. The van der Waals surface area contributed by atoms with Gasteiger partial charge >= 0.3 is 0 Å². The molecule has 0 aliphatic rings. The first-order chi connectivity index (χ1) is 4.57. The van der Waals surface area contributed by atoms with Crippen molar-refractivity contribution in [1.29, 1.82) is 0 Å². The van der Waals surface area contributed by atoms with Gasteiger partial charge in [0.15, 0.2) is 0 Å². The molecule has 2 N–H and O–H groups in total. The zero-order valence-electron chi connectivity index (χ0n) is 7.26. The molecule has 0 fully saturated rings. The third-order valence-corrected chi connectivity index (χ3v) is 1.64. The first-order valence-electron chi connectivity index (χ1n) is 3.61. The van der Waals surface area contributed by atoms with Gasteiger partial charge in [0.1, 0.15) is 0 Å². The van der Waals surface area contributed by atoms with Crippen LogP contribution >= 0.6 is 0 Å². The van der Waals surface area contributed by atoms with Crippen LogP contribution in [0.5, 0.6) is 0 Å². The topological polar surface area (TPSA) is 41.6 Å². The van der Waals surface area contributed by atoms with E-state index in [1.54, 1.807) is 7.05 Å². The molecule has 0 aromatic carbocycles. The summed E-state index contributed by atoms with van der Waals surface area (Å²) in [4.78, 5) is 0. The lowest BCUT2D eigenvalue weighted by Gasteiger charge is -2.10. The van der Waals surface area contributed by atoms with Gasteiger partial charge in [-0.25, -0.2) is 11.0 Å². The van der Waals surface area contributed by atoms with Gasteiger partial charge in [0.05, 0.1) is 0 Å². The molecule has 60 valence electrons. The number of rotatable bonds is 3. The van der Waals surface area contributed by atoms with E-state index in [1.165, 1.54) is 5.12 Å². The Balaban J connectivity index is 3.91. The monoisotopic (exact) mass is 143 g/mol. The Kier molecular flexibility index (Phi) is 4.03. The molecule has 0 saturated carbocycles. The van der Waals surface area contributed by atoms with Crippen LogP contribution in [0.25, 0.3) is 0 Å². The maximum Gasteiger partial charge on any atom is 0.0419 e. The normalized spacial score (nSPS) is 15.1. The van der Waals surface area contributed by atoms with E-state index in [9.17, 15) is 0 Å². The molecule has 3 nitrogen and oxygen atoms in total. The van der Waals surface area contributed by atoms with Crippen molar-refractivity contribution >= 4 is 5.71 Å². The summed E-state index contributed by atoms with van der Waals surface area (Å²) >= 11 is 0. The number of hydrazone groups is 1. The van der Waals surface area contributed by atoms with Gasteiger partial charge in [0, 0.05) is 12.8 Å². The van der Waals surface area contributed by atoms with Crippen LogP contribution in [0.3, 0.4) is 0 Å². The summed E-state index contributed by atoms with van der Waals surface area (Å²) in [5.41, 5.74) is 1.09. The third kappa shape index (κ3) is 3.45. The molecule has 0 amide bonds. The van der Waals surface area contributed by atoms with Crippen LogP contribution in [0.15, 0.2) is 5.10 Å². The van der Waals surface area contributed by atoms with Gasteiger partial charge in [-0.15, -0.1) is 0 Å². The van der Waals surface area contributed by atoms with Crippen molar-refractivity contribution in [2.45, 2.75) is 27.2 Å². The smallest absolute Gasteiger partial charge is 0.0419 e. The lowest BCUT2D eigenvalue weighted by Crippen LogP contribution is -2.22. The van der Waals surface area contributed by atoms with Crippen molar-refractivity contribution in [3.63, 3.8) is 0 Å². The molecule has 0 rings (SSSR count). The van der Waals surface area contributed by atoms with Crippen LogP contribution in [-0.2, 0) is 0 Å². The molecule has 0 aliphatic carbocycles. The standard InChI is InChI=1S/C7H17N3/c1-5-6(2)7(3)9-10(4)8/h6H,5,8H2,1-4H3/b9-7-. The largest absolute Gasteiger partial charge is 0.236 e. The zero-order chi connectivity index (χ0) is 8.15. The highest BCUT2D eigenvalue weighted by molar-refractivity contribution is 5.83. The van der Waals surface area contributed by atoms with Gasteiger partial charge in [-0.1, -0.05) is 13.8 Å². The van der Waals surface area contributed by atoms with Crippen LogP contribution in [0, 0.1) is 5.92 Å².